The third-order valence-corrected chi connectivity index (χ3v) is 4.42. The Bertz CT molecular complexity index is 470. The first kappa shape index (κ1) is 16.9. The van der Waals surface area contributed by atoms with Crippen LogP contribution < -0.4 is 5.32 Å². The summed E-state index contributed by atoms with van der Waals surface area (Å²) in [6.45, 7) is 10.5. The summed E-state index contributed by atoms with van der Waals surface area (Å²) in [5.41, 5.74) is 0.951. The van der Waals surface area contributed by atoms with Gasteiger partial charge in [0.25, 0.3) is 0 Å². The minimum atomic E-state index is -0.104. The Labute approximate surface area is 136 Å². The van der Waals surface area contributed by atoms with Gasteiger partial charge in [0.05, 0.1) is 0 Å². The first-order valence-corrected chi connectivity index (χ1v) is 8.54. The summed E-state index contributed by atoms with van der Waals surface area (Å²) in [6.07, 6.45) is 2.46. The molecule has 2 nitrogen and oxygen atoms in total. The largest absolute Gasteiger partial charge is 0.312 e. The van der Waals surface area contributed by atoms with Gasteiger partial charge in [-0.2, -0.15) is 0 Å². The van der Waals surface area contributed by atoms with Gasteiger partial charge in [-0.25, -0.2) is 4.39 Å². The minimum absolute atomic E-state index is 0.104. The van der Waals surface area contributed by atoms with Gasteiger partial charge in [-0.1, -0.05) is 15.9 Å². The normalized spacial score (nSPS) is 20.7. The van der Waals surface area contributed by atoms with Crippen LogP contribution in [0.3, 0.4) is 0 Å². The number of halogens is 2. The molecule has 1 aromatic rings. The number of benzene rings is 1. The van der Waals surface area contributed by atoms with Gasteiger partial charge in [-0.05, 0) is 70.8 Å². The van der Waals surface area contributed by atoms with Gasteiger partial charge < -0.3 is 5.32 Å². The molecule has 2 rings (SSSR count). The van der Waals surface area contributed by atoms with E-state index >= 15 is 0 Å². The number of piperidine rings is 1. The van der Waals surface area contributed by atoms with E-state index in [2.05, 4.69) is 46.9 Å². The van der Waals surface area contributed by atoms with E-state index in [0.29, 0.717) is 12.5 Å². The van der Waals surface area contributed by atoms with Crippen LogP contribution in [-0.4, -0.2) is 30.1 Å². The zero-order valence-corrected chi connectivity index (χ0v) is 14.8. The first-order valence-electron chi connectivity index (χ1n) is 7.75. The summed E-state index contributed by atoms with van der Waals surface area (Å²) in [5.74, 6) is 0.557. The highest BCUT2D eigenvalue weighted by molar-refractivity contribution is 9.10. The molecule has 1 fully saturated rings. The van der Waals surface area contributed by atoms with Crippen LogP contribution in [0.5, 0.6) is 0 Å². The average molecular weight is 357 g/mol. The molecule has 0 saturated carbocycles. The smallest absolute Gasteiger partial charge is 0.127 e. The lowest BCUT2D eigenvalue weighted by molar-refractivity contribution is 0.158. The predicted octanol–water partition coefficient (Wildman–Crippen LogP) is 4.19. The predicted molar refractivity (Wildman–Crippen MR) is 89.9 cm³/mol. The summed E-state index contributed by atoms with van der Waals surface area (Å²) in [7, 11) is 0. The lowest BCUT2D eigenvalue weighted by Gasteiger charge is -2.34. The van der Waals surface area contributed by atoms with Crippen molar-refractivity contribution in [1.82, 2.24) is 10.2 Å². The number of hydrogen-bond donors (Lipinski definition) is 1. The third kappa shape index (κ3) is 5.68. The van der Waals surface area contributed by atoms with Crippen molar-refractivity contribution in [3.05, 3.63) is 34.1 Å². The van der Waals surface area contributed by atoms with E-state index in [1.54, 1.807) is 12.1 Å². The number of nitrogens with one attached hydrogen (secondary N) is 1. The maximum Gasteiger partial charge on any atom is 0.127 e. The fourth-order valence-electron chi connectivity index (χ4n) is 2.82. The second kappa shape index (κ2) is 7.21. The van der Waals surface area contributed by atoms with Gasteiger partial charge in [0.15, 0.2) is 0 Å². The number of rotatable bonds is 4. The Kier molecular flexibility index (Phi) is 5.81. The molecule has 0 amide bonds. The molecule has 1 heterocycles. The molecule has 1 aliphatic heterocycles. The molecule has 0 bridgehead atoms. The van der Waals surface area contributed by atoms with Crippen LogP contribution in [0.2, 0.25) is 0 Å². The molecule has 0 radical (unpaired) electrons. The first-order chi connectivity index (χ1) is 9.83. The monoisotopic (exact) mass is 356 g/mol. The molecule has 1 aliphatic rings. The average Bonchev–Trinajstić information content (AvgIpc) is 2.40. The Morgan fingerprint density at radius 3 is 2.86 bits per heavy atom. The van der Waals surface area contributed by atoms with Gasteiger partial charge >= 0.3 is 0 Å². The molecule has 0 spiro atoms. The van der Waals surface area contributed by atoms with E-state index < -0.39 is 0 Å². The summed E-state index contributed by atoms with van der Waals surface area (Å²) in [5, 5.41) is 3.59. The van der Waals surface area contributed by atoms with Gasteiger partial charge in [0, 0.05) is 28.7 Å². The zero-order chi connectivity index (χ0) is 15.5. The van der Waals surface area contributed by atoms with Gasteiger partial charge in [-0.3, -0.25) is 4.90 Å². The van der Waals surface area contributed by atoms with Crippen LogP contribution >= 0.6 is 15.9 Å². The summed E-state index contributed by atoms with van der Waals surface area (Å²) >= 11 is 3.42. The third-order valence-electron chi connectivity index (χ3n) is 3.93. The van der Waals surface area contributed by atoms with E-state index in [4.69, 9.17) is 0 Å². The standard InChI is InChI=1S/C17H26BrFN2/c1-17(2,3)20-10-13-5-4-8-21(11-13)12-14-9-15(18)6-7-16(14)19/h6-7,9,13,20H,4-5,8,10-12H2,1-3H3. The molecule has 118 valence electrons. The highest BCUT2D eigenvalue weighted by Crippen LogP contribution is 2.22. The fraction of sp³-hybridized carbons (Fsp3) is 0.647. The molecule has 4 heteroatoms. The number of likely N-dealkylation sites (tertiary alicyclic amines) is 1. The molecule has 1 atom stereocenters. The maximum atomic E-state index is 13.9. The van der Waals surface area contributed by atoms with Crippen molar-refractivity contribution >= 4 is 15.9 Å². The quantitative estimate of drug-likeness (QED) is 0.869. The molecule has 1 unspecified atom stereocenters. The second-order valence-corrected chi connectivity index (χ2v) is 8.03. The van der Waals surface area contributed by atoms with Crippen molar-refractivity contribution in [3.63, 3.8) is 0 Å². The van der Waals surface area contributed by atoms with Crippen LogP contribution in [0.1, 0.15) is 39.2 Å². The molecule has 1 aromatic carbocycles. The molecule has 21 heavy (non-hydrogen) atoms. The van der Waals surface area contributed by atoms with Crippen LogP contribution in [0.4, 0.5) is 4.39 Å². The molecular weight excluding hydrogens is 331 g/mol. The second-order valence-electron chi connectivity index (χ2n) is 7.11. The lowest BCUT2D eigenvalue weighted by Crippen LogP contribution is -2.44. The van der Waals surface area contributed by atoms with E-state index in [9.17, 15) is 4.39 Å². The van der Waals surface area contributed by atoms with Crippen LogP contribution in [0, 0.1) is 11.7 Å². The zero-order valence-electron chi connectivity index (χ0n) is 13.3. The van der Waals surface area contributed by atoms with E-state index in [1.807, 2.05) is 6.07 Å². The summed E-state index contributed by atoms with van der Waals surface area (Å²) in [4.78, 5) is 2.38. The van der Waals surface area contributed by atoms with Crippen LogP contribution in [-0.2, 0) is 6.54 Å². The molecule has 1 saturated heterocycles. The van der Waals surface area contributed by atoms with Crippen molar-refractivity contribution in [2.75, 3.05) is 19.6 Å². The van der Waals surface area contributed by atoms with Crippen LogP contribution in [0.25, 0.3) is 0 Å². The highest BCUT2D eigenvalue weighted by Gasteiger charge is 2.22. The van der Waals surface area contributed by atoms with Crippen LogP contribution in [0.15, 0.2) is 22.7 Å². The van der Waals surface area contributed by atoms with Crippen molar-refractivity contribution < 1.29 is 4.39 Å². The SMILES string of the molecule is CC(C)(C)NCC1CCCN(Cc2cc(Br)ccc2F)C1. The van der Waals surface area contributed by atoms with Crippen molar-refractivity contribution in [3.8, 4) is 0 Å². The Morgan fingerprint density at radius 2 is 2.14 bits per heavy atom. The maximum absolute atomic E-state index is 13.9. The lowest BCUT2D eigenvalue weighted by atomic mass is 9.96. The topological polar surface area (TPSA) is 15.3 Å². The van der Waals surface area contributed by atoms with E-state index in [0.717, 1.165) is 29.7 Å². The van der Waals surface area contributed by atoms with Crippen molar-refractivity contribution in [1.29, 1.82) is 0 Å². The van der Waals surface area contributed by atoms with Gasteiger partial charge in [-0.15, -0.1) is 0 Å². The van der Waals surface area contributed by atoms with E-state index in [-0.39, 0.29) is 11.4 Å². The highest BCUT2D eigenvalue weighted by atomic mass is 79.9. The molecular formula is C17H26BrFN2. The summed E-state index contributed by atoms with van der Waals surface area (Å²) in [6, 6.07) is 5.19. The van der Waals surface area contributed by atoms with E-state index in [1.165, 1.54) is 12.8 Å². The number of nitrogens with zero attached hydrogens (tertiary/aromatic N) is 1. The molecule has 1 N–H and O–H groups in total. The van der Waals surface area contributed by atoms with Crippen molar-refractivity contribution in [2.45, 2.75) is 45.7 Å². The minimum Gasteiger partial charge on any atom is -0.312 e. The number of hydrogen-bond acceptors (Lipinski definition) is 2. The fourth-order valence-corrected chi connectivity index (χ4v) is 3.23. The Morgan fingerprint density at radius 1 is 1.38 bits per heavy atom. The Hall–Kier alpha value is -0.450. The Balaban J connectivity index is 1.90. The molecule has 0 aliphatic carbocycles. The van der Waals surface area contributed by atoms with Gasteiger partial charge in [0.1, 0.15) is 5.82 Å². The molecule has 0 aromatic heterocycles. The summed E-state index contributed by atoms with van der Waals surface area (Å²) < 4.78 is 14.8. The van der Waals surface area contributed by atoms with Crippen molar-refractivity contribution in [2.24, 2.45) is 5.92 Å². The van der Waals surface area contributed by atoms with Gasteiger partial charge in [0.2, 0.25) is 0 Å².